The van der Waals surface area contributed by atoms with E-state index in [1.165, 1.54) is 38.2 Å². The molecule has 0 unspecified atom stereocenters. The summed E-state index contributed by atoms with van der Waals surface area (Å²) < 4.78 is 0. The molecule has 188 valence electrons. The molecule has 0 rings (SSSR count). The molecule has 0 bridgehead atoms. The van der Waals surface area contributed by atoms with Crippen molar-refractivity contribution in [2.75, 3.05) is 6.54 Å². The second kappa shape index (κ2) is 23.3. The Morgan fingerprint density at radius 2 is 1.18 bits per heavy atom. The molecule has 3 nitrogen and oxygen atoms in total. The lowest BCUT2D eigenvalue weighted by atomic mass is 9.89. The van der Waals surface area contributed by atoms with E-state index >= 15 is 0 Å². The van der Waals surface area contributed by atoms with Crippen LogP contribution in [0.1, 0.15) is 111 Å². The Morgan fingerprint density at radius 3 is 1.73 bits per heavy atom. The largest absolute Gasteiger partial charge is 0.388 e. The van der Waals surface area contributed by atoms with Gasteiger partial charge in [0.25, 0.3) is 0 Å². The number of carbonyl (C=O) groups is 1. The second-order valence-corrected chi connectivity index (χ2v) is 8.96. The molecular formula is C30H51NO2. The molecule has 0 aromatic rings. The summed E-state index contributed by atoms with van der Waals surface area (Å²) in [5, 5.41) is 14.0. The lowest BCUT2D eigenvalue weighted by Gasteiger charge is -2.28. The molecule has 0 spiro atoms. The van der Waals surface area contributed by atoms with Gasteiger partial charge in [0, 0.05) is 12.6 Å². The van der Waals surface area contributed by atoms with Crippen molar-refractivity contribution < 1.29 is 9.90 Å². The third kappa shape index (κ3) is 21.7. The van der Waals surface area contributed by atoms with Crippen molar-refractivity contribution in [2.24, 2.45) is 0 Å². The second-order valence-electron chi connectivity index (χ2n) is 8.96. The van der Waals surface area contributed by atoms with E-state index in [2.05, 4.69) is 56.5 Å². The lowest BCUT2D eigenvalue weighted by molar-refractivity contribution is -0.118. The Bertz CT molecular complexity index is 586. The minimum absolute atomic E-state index is 0.148. The molecule has 0 aromatic heterocycles. The van der Waals surface area contributed by atoms with Crippen molar-refractivity contribution >= 4 is 5.91 Å². The number of hydrogen-bond donors (Lipinski definition) is 2. The highest BCUT2D eigenvalue weighted by Crippen LogP contribution is 2.22. The van der Waals surface area contributed by atoms with Crippen molar-refractivity contribution in [3.63, 3.8) is 0 Å². The van der Waals surface area contributed by atoms with Gasteiger partial charge >= 0.3 is 0 Å². The van der Waals surface area contributed by atoms with Gasteiger partial charge in [0.05, 0.1) is 5.60 Å². The van der Waals surface area contributed by atoms with E-state index in [1.807, 2.05) is 18.2 Å². The van der Waals surface area contributed by atoms with E-state index < -0.39 is 5.60 Å². The zero-order chi connectivity index (χ0) is 24.5. The zero-order valence-electron chi connectivity index (χ0n) is 21.7. The summed E-state index contributed by atoms with van der Waals surface area (Å²) in [6.07, 6.45) is 34.8. The fourth-order valence-corrected chi connectivity index (χ4v) is 3.53. The third-order valence-corrected chi connectivity index (χ3v) is 5.64. The molecule has 1 amide bonds. The summed E-state index contributed by atoms with van der Waals surface area (Å²) in [6.45, 7) is 6.90. The molecule has 2 N–H and O–H groups in total. The number of rotatable bonds is 21. The summed E-state index contributed by atoms with van der Waals surface area (Å²) in [5.74, 6) is -0.148. The predicted octanol–water partition coefficient (Wildman–Crippen LogP) is 8.14. The lowest BCUT2D eigenvalue weighted by Crippen LogP contribution is -2.42. The molecule has 0 heterocycles. The van der Waals surface area contributed by atoms with Crippen molar-refractivity contribution in [2.45, 2.75) is 116 Å². The van der Waals surface area contributed by atoms with Crippen LogP contribution in [0.4, 0.5) is 0 Å². The molecule has 0 aliphatic heterocycles. The van der Waals surface area contributed by atoms with Crippen LogP contribution < -0.4 is 5.32 Å². The number of hydrogen-bond acceptors (Lipinski definition) is 2. The molecular weight excluding hydrogens is 406 g/mol. The fourth-order valence-electron chi connectivity index (χ4n) is 3.53. The number of nitrogens with one attached hydrogen (secondary N) is 1. The third-order valence-electron chi connectivity index (χ3n) is 5.64. The van der Waals surface area contributed by atoms with Gasteiger partial charge in [-0.25, -0.2) is 0 Å². The van der Waals surface area contributed by atoms with Crippen LogP contribution in [0.3, 0.4) is 0 Å². The van der Waals surface area contributed by atoms with E-state index in [4.69, 9.17) is 0 Å². The van der Waals surface area contributed by atoms with Gasteiger partial charge in [0.2, 0.25) is 5.91 Å². The maximum atomic E-state index is 12.2. The van der Waals surface area contributed by atoms with Crippen molar-refractivity contribution in [3.05, 3.63) is 60.8 Å². The van der Waals surface area contributed by atoms with Gasteiger partial charge in [-0.1, -0.05) is 133 Å². The van der Waals surface area contributed by atoms with Crippen molar-refractivity contribution in [1.29, 1.82) is 0 Å². The summed E-state index contributed by atoms with van der Waals surface area (Å²) in [7, 11) is 0. The van der Waals surface area contributed by atoms with E-state index in [0.717, 1.165) is 57.8 Å². The molecule has 0 atom stereocenters. The number of aliphatic hydroxyl groups is 1. The minimum Gasteiger partial charge on any atom is -0.388 e. The number of carbonyl (C=O) groups excluding carboxylic acids is 1. The van der Waals surface area contributed by atoms with E-state index in [9.17, 15) is 9.90 Å². The highest BCUT2D eigenvalue weighted by Gasteiger charge is 2.26. The van der Waals surface area contributed by atoms with Crippen LogP contribution in [-0.2, 0) is 4.79 Å². The van der Waals surface area contributed by atoms with Crippen molar-refractivity contribution in [1.82, 2.24) is 5.32 Å². The zero-order valence-corrected chi connectivity index (χ0v) is 21.7. The minimum atomic E-state index is -0.788. The van der Waals surface area contributed by atoms with Gasteiger partial charge in [0.1, 0.15) is 0 Å². The van der Waals surface area contributed by atoms with Crippen LogP contribution in [0.5, 0.6) is 0 Å². The average Bonchev–Trinajstić information content (AvgIpc) is 2.81. The normalized spacial score (nSPS) is 13.0. The monoisotopic (exact) mass is 457 g/mol. The number of amides is 1. The maximum absolute atomic E-state index is 12.2. The molecule has 0 saturated heterocycles. The highest BCUT2D eigenvalue weighted by molar-refractivity contribution is 5.87. The predicted molar refractivity (Wildman–Crippen MR) is 145 cm³/mol. The Morgan fingerprint density at radius 1 is 0.667 bits per heavy atom. The Balaban J connectivity index is 4.27. The first-order valence-corrected chi connectivity index (χ1v) is 13.4. The number of unbranched alkanes of at least 4 members (excludes halogenated alkanes) is 8. The van der Waals surface area contributed by atoms with Gasteiger partial charge in [-0.15, -0.1) is 0 Å². The summed E-state index contributed by atoms with van der Waals surface area (Å²) >= 11 is 0. The SMILES string of the molecule is CCCC=CC=CCCC=CC=CC=CC(=O)NCC(O)(CCCCCC)CCCCCC. The van der Waals surface area contributed by atoms with Gasteiger partial charge in [-0.2, -0.15) is 0 Å². The van der Waals surface area contributed by atoms with E-state index in [0.29, 0.717) is 6.54 Å². The molecule has 0 aliphatic carbocycles. The van der Waals surface area contributed by atoms with Crippen LogP contribution in [0, 0.1) is 0 Å². The molecule has 0 fully saturated rings. The maximum Gasteiger partial charge on any atom is 0.244 e. The van der Waals surface area contributed by atoms with Crippen molar-refractivity contribution in [3.8, 4) is 0 Å². The molecule has 0 aromatic carbocycles. The number of allylic oxidation sites excluding steroid dienone is 9. The van der Waals surface area contributed by atoms with Crippen LogP contribution in [0.25, 0.3) is 0 Å². The highest BCUT2D eigenvalue weighted by atomic mass is 16.3. The van der Waals surface area contributed by atoms with Gasteiger partial charge in [0.15, 0.2) is 0 Å². The van der Waals surface area contributed by atoms with Gasteiger partial charge in [-0.3, -0.25) is 4.79 Å². The van der Waals surface area contributed by atoms with Crippen LogP contribution in [-0.4, -0.2) is 23.2 Å². The molecule has 3 heteroatoms. The topological polar surface area (TPSA) is 49.3 Å². The van der Waals surface area contributed by atoms with Crippen LogP contribution in [0.2, 0.25) is 0 Å². The Hall–Kier alpha value is -1.87. The molecule has 0 radical (unpaired) electrons. The summed E-state index contributed by atoms with van der Waals surface area (Å²) in [4.78, 5) is 12.2. The smallest absolute Gasteiger partial charge is 0.244 e. The molecule has 0 saturated carbocycles. The molecule has 0 aliphatic rings. The quantitative estimate of drug-likeness (QED) is 0.104. The van der Waals surface area contributed by atoms with E-state index in [1.54, 1.807) is 6.08 Å². The van der Waals surface area contributed by atoms with Crippen LogP contribution >= 0.6 is 0 Å². The summed E-state index contributed by atoms with van der Waals surface area (Å²) in [5.41, 5.74) is -0.788. The Kier molecular flexibility index (Phi) is 22.0. The van der Waals surface area contributed by atoms with Crippen LogP contribution in [0.15, 0.2) is 60.8 Å². The Labute approximate surface area is 204 Å². The van der Waals surface area contributed by atoms with Gasteiger partial charge in [-0.05, 0) is 32.1 Å². The first kappa shape index (κ1) is 31.1. The fraction of sp³-hybridized carbons (Fsp3) is 0.633. The standard InChI is InChI=1S/C30H51NO2/c1-4-7-10-13-14-15-16-17-18-19-20-21-22-25-29(32)31-28-30(33,26-23-11-8-5-2)27-24-12-9-6-3/h10,13-15,18-22,25,33H,4-9,11-12,16-17,23-24,26-28H2,1-3H3,(H,31,32). The van der Waals surface area contributed by atoms with Gasteiger partial charge < -0.3 is 10.4 Å². The molecule has 33 heavy (non-hydrogen) atoms. The first-order chi connectivity index (χ1) is 16.1. The summed E-state index contributed by atoms with van der Waals surface area (Å²) in [6, 6.07) is 0. The van der Waals surface area contributed by atoms with E-state index in [-0.39, 0.29) is 5.91 Å². The average molecular weight is 458 g/mol. The first-order valence-electron chi connectivity index (χ1n) is 13.4.